The van der Waals surface area contributed by atoms with Crippen molar-refractivity contribution >= 4 is 12.6 Å². The lowest BCUT2D eigenvalue weighted by Gasteiger charge is -1.95. The zero-order chi connectivity index (χ0) is 8.57. The van der Waals surface area contributed by atoms with Gasteiger partial charge in [0.25, 0.3) is 0 Å². The van der Waals surface area contributed by atoms with Crippen molar-refractivity contribution in [3.8, 4) is 0 Å². The predicted octanol–water partition coefficient (Wildman–Crippen LogP) is 3.62. The van der Waals surface area contributed by atoms with Crippen molar-refractivity contribution in [1.82, 2.24) is 0 Å². The molecule has 0 aliphatic heterocycles. The summed E-state index contributed by atoms with van der Waals surface area (Å²) in [6, 6.07) is 0. The summed E-state index contributed by atoms with van der Waals surface area (Å²) in [5.74, 6) is 2.68. The van der Waals surface area contributed by atoms with Crippen LogP contribution in [-0.4, -0.2) is 5.75 Å². The molecule has 0 aromatic carbocycles. The monoisotopic (exact) mass is 162 g/mol. The van der Waals surface area contributed by atoms with E-state index < -0.39 is 0 Å². The Morgan fingerprint density at radius 3 is 1.30 bits per heavy atom. The fourth-order valence-electron chi connectivity index (χ4n) is 0.258. The Balaban J connectivity index is 0. The molecule has 0 amide bonds. The maximum absolute atomic E-state index is 4.06. The van der Waals surface area contributed by atoms with E-state index in [1.54, 1.807) is 0 Å². The van der Waals surface area contributed by atoms with E-state index in [-0.39, 0.29) is 0 Å². The topological polar surface area (TPSA) is 0 Å². The van der Waals surface area contributed by atoms with Gasteiger partial charge in [0.05, 0.1) is 0 Å². The SMILES string of the molecule is CC(C)C.CC(C)CCS. The second kappa shape index (κ2) is 9.35. The van der Waals surface area contributed by atoms with E-state index in [2.05, 4.69) is 47.2 Å². The van der Waals surface area contributed by atoms with Gasteiger partial charge in [0, 0.05) is 0 Å². The van der Waals surface area contributed by atoms with Crippen LogP contribution in [0, 0.1) is 11.8 Å². The highest BCUT2D eigenvalue weighted by molar-refractivity contribution is 7.80. The van der Waals surface area contributed by atoms with Gasteiger partial charge in [-0.15, -0.1) is 0 Å². The maximum atomic E-state index is 4.06. The van der Waals surface area contributed by atoms with Gasteiger partial charge in [-0.1, -0.05) is 34.6 Å². The van der Waals surface area contributed by atoms with Crippen molar-refractivity contribution in [2.24, 2.45) is 11.8 Å². The molecule has 0 rings (SSSR count). The molecule has 0 heterocycles. The van der Waals surface area contributed by atoms with Gasteiger partial charge in [0.2, 0.25) is 0 Å². The predicted molar refractivity (Wildman–Crippen MR) is 53.8 cm³/mol. The van der Waals surface area contributed by atoms with E-state index in [0.717, 1.165) is 17.6 Å². The Morgan fingerprint density at radius 1 is 1.00 bits per heavy atom. The van der Waals surface area contributed by atoms with Crippen molar-refractivity contribution in [2.75, 3.05) is 5.75 Å². The molecule has 64 valence electrons. The van der Waals surface area contributed by atoms with E-state index in [4.69, 9.17) is 0 Å². The molecule has 0 aromatic rings. The molecule has 0 unspecified atom stereocenters. The Hall–Kier alpha value is 0.350. The first kappa shape index (κ1) is 13.0. The molecule has 1 heteroatoms. The van der Waals surface area contributed by atoms with Crippen LogP contribution in [0.15, 0.2) is 0 Å². The van der Waals surface area contributed by atoms with Crippen LogP contribution in [0.5, 0.6) is 0 Å². The first-order valence-corrected chi connectivity index (χ1v) is 4.74. The smallest absolute Gasteiger partial charge is 0.00955 e. The highest BCUT2D eigenvalue weighted by atomic mass is 32.1. The molecule has 0 aliphatic carbocycles. The van der Waals surface area contributed by atoms with E-state index in [1.165, 1.54) is 6.42 Å². The molecule has 0 saturated heterocycles. The molecule has 0 radical (unpaired) electrons. The largest absolute Gasteiger partial charge is 0.179 e. The number of rotatable bonds is 2. The molecule has 0 fully saturated rings. The molecule has 0 aliphatic rings. The average Bonchev–Trinajstić information content (AvgIpc) is 1.62. The summed E-state index contributed by atoms with van der Waals surface area (Å²) < 4.78 is 0. The Kier molecular flexibility index (Phi) is 12.1. The minimum Gasteiger partial charge on any atom is -0.179 e. The summed E-state index contributed by atoms with van der Waals surface area (Å²) in [6.07, 6.45) is 1.24. The molecule has 0 aromatic heterocycles. The third-order valence-electron chi connectivity index (χ3n) is 0.706. The molecule has 10 heavy (non-hydrogen) atoms. The van der Waals surface area contributed by atoms with Gasteiger partial charge >= 0.3 is 0 Å². The quantitative estimate of drug-likeness (QED) is 0.589. The lowest BCUT2D eigenvalue weighted by atomic mass is 10.2. The van der Waals surface area contributed by atoms with E-state index >= 15 is 0 Å². The molecule has 0 saturated carbocycles. The van der Waals surface area contributed by atoms with Gasteiger partial charge in [-0.25, -0.2) is 0 Å². The van der Waals surface area contributed by atoms with E-state index in [9.17, 15) is 0 Å². The summed E-state index contributed by atoms with van der Waals surface area (Å²) in [4.78, 5) is 0. The van der Waals surface area contributed by atoms with Crippen LogP contribution in [0.25, 0.3) is 0 Å². The van der Waals surface area contributed by atoms with Gasteiger partial charge in [0.1, 0.15) is 0 Å². The van der Waals surface area contributed by atoms with Crippen molar-refractivity contribution < 1.29 is 0 Å². The third kappa shape index (κ3) is 40.2. The Labute approximate surface area is 71.8 Å². The zero-order valence-electron chi connectivity index (χ0n) is 8.02. The Bertz CT molecular complexity index is 45.9. The minimum atomic E-state index is 0.822. The van der Waals surface area contributed by atoms with Crippen LogP contribution < -0.4 is 0 Å². The standard InChI is InChI=1S/C5H12S.C4H10/c1-5(2)3-4-6;1-4(2)3/h5-6H,3-4H2,1-2H3;4H,1-3H3. The summed E-state index contributed by atoms with van der Waals surface area (Å²) in [7, 11) is 0. The lowest BCUT2D eigenvalue weighted by molar-refractivity contribution is 0.633. The van der Waals surface area contributed by atoms with Crippen LogP contribution in [0.4, 0.5) is 0 Å². The van der Waals surface area contributed by atoms with Gasteiger partial charge < -0.3 is 0 Å². The first-order chi connectivity index (χ1) is 4.50. The zero-order valence-corrected chi connectivity index (χ0v) is 8.91. The molecule has 0 N–H and O–H groups in total. The van der Waals surface area contributed by atoms with Crippen molar-refractivity contribution in [1.29, 1.82) is 0 Å². The second-order valence-electron chi connectivity index (χ2n) is 3.64. The van der Waals surface area contributed by atoms with Crippen molar-refractivity contribution in [2.45, 2.75) is 41.0 Å². The van der Waals surface area contributed by atoms with Crippen LogP contribution in [0.1, 0.15) is 41.0 Å². The van der Waals surface area contributed by atoms with Crippen LogP contribution >= 0.6 is 12.6 Å². The third-order valence-corrected chi connectivity index (χ3v) is 0.965. The summed E-state index contributed by atoms with van der Waals surface area (Å²) >= 11 is 4.06. The number of hydrogen-bond donors (Lipinski definition) is 1. The molecular weight excluding hydrogens is 140 g/mol. The second-order valence-corrected chi connectivity index (χ2v) is 4.09. The maximum Gasteiger partial charge on any atom is -0.00955 e. The minimum absolute atomic E-state index is 0.822. The summed E-state index contributed by atoms with van der Waals surface area (Å²) in [5, 5.41) is 0. The van der Waals surface area contributed by atoms with Crippen molar-refractivity contribution in [3.63, 3.8) is 0 Å². The fraction of sp³-hybridized carbons (Fsp3) is 1.00. The Morgan fingerprint density at radius 2 is 1.30 bits per heavy atom. The molecule has 0 bridgehead atoms. The van der Waals surface area contributed by atoms with Gasteiger partial charge in [-0.3, -0.25) is 0 Å². The average molecular weight is 162 g/mol. The van der Waals surface area contributed by atoms with Gasteiger partial charge in [-0.05, 0) is 24.0 Å². The number of hydrogen-bond acceptors (Lipinski definition) is 1. The van der Waals surface area contributed by atoms with Crippen LogP contribution in [0.3, 0.4) is 0 Å². The fourth-order valence-corrected chi connectivity index (χ4v) is 0.775. The highest BCUT2D eigenvalue weighted by Crippen LogP contribution is 1.98. The van der Waals surface area contributed by atoms with Gasteiger partial charge in [0.15, 0.2) is 0 Å². The highest BCUT2D eigenvalue weighted by Gasteiger charge is 1.86. The van der Waals surface area contributed by atoms with Crippen LogP contribution in [0.2, 0.25) is 0 Å². The van der Waals surface area contributed by atoms with Gasteiger partial charge in [-0.2, -0.15) is 12.6 Å². The molecule has 0 nitrogen and oxygen atoms in total. The van der Waals surface area contributed by atoms with Crippen LogP contribution in [-0.2, 0) is 0 Å². The summed E-state index contributed by atoms with van der Waals surface area (Å²) in [6.45, 7) is 10.9. The summed E-state index contributed by atoms with van der Waals surface area (Å²) in [5.41, 5.74) is 0. The first-order valence-electron chi connectivity index (χ1n) is 4.11. The molecular formula is C9H22S. The normalized spacial score (nSPS) is 9.60. The van der Waals surface area contributed by atoms with E-state index in [0.29, 0.717) is 0 Å². The molecule has 0 spiro atoms. The van der Waals surface area contributed by atoms with Crippen molar-refractivity contribution in [3.05, 3.63) is 0 Å². The van der Waals surface area contributed by atoms with E-state index in [1.807, 2.05) is 0 Å². The molecule has 0 atom stereocenters. The number of thiol groups is 1. The lowest BCUT2D eigenvalue weighted by Crippen LogP contribution is -1.85.